The van der Waals surface area contributed by atoms with Crippen molar-refractivity contribution in [2.45, 2.75) is 20.0 Å². The maximum atomic E-state index is 10.4. The van der Waals surface area contributed by atoms with Gasteiger partial charge in [0.25, 0.3) is 0 Å². The van der Waals surface area contributed by atoms with E-state index in [9.17, 15) is 15.0 Å². The third kappa shape index (κ3) is 3.67. The fraction of sp³-hybridized carbons (Fsp3) is 0.500. The maximum absolute atomic E-state index is 10.4. The van der Waals surface area contributed by atoms with Crippen LogP contribution in [-0.2, 0) is 14.6 Å². The molecule has 0 fully saturated rings. The van der Waals surface area contributed by atoms with Gasteiger partial charge in [0, 0.05) is 0 Å². The van der Waals surface area contributed by atoms with E-state index in [1.807, 2.05) is 0 Å². The number of aliphatic hydroxyl groups is 1. The smallest absolute Gasteiger partial charge is 0.356 e. The second-order valence-electron chi connectivity index (χ2n) is 2.01. The molecule has 70 valence electrons. The molecule has 0 aromatic carbocycles. The monoisotopic (exact) mass is 176 g/mol. The molecule has 0 aliphatic heterocycles. The van der Waals surface area contributed by atoms with Gasteiger partial charge in [-0.2, -0.15) is 0 Å². The molecule has 0 bridgehead atoms. The van der Waals surface area contributed by atoms with E-state index in [2.05, 4.69) is 9.78 Å². The molecule has 0 amide bonds. The van der Waals surface area contributed by atoms with Crippen LogP contribution in [0.25, 0.3) is 0 Å². The molecular formula is C6H8O6-2. The van der Waals surface area contributed by atoms with Gasteiger partial charge in [0.15, 0.2) is 6.10 Å². The number of aliphatic hydroxyl groups excluding tert-OH is 1. The quantitative estimate of drug-likeness (QED) is 0.296. The van der Waals surface area contributed by atoms with Gasteiger partial charge in [0.05, 0.1) is 5.95 Å². The lowest BCUT2D eigenvalue weighted by Gasteiger charge is -2.19. The lowest BCUT2D eigenvalue weighted by atomic mass is 10.4. The largest absolute Gasteiger partial charge is 0.874 e. The van der Waals surface area contributed by atoms with Crippen molar-refractivity contribution in [1.29, 1.82) is 0 Å². The summed E-state index contributed by atoms with van der Waals surface area (Å²) in [6.45, 7) is 2.09. The van der Waals surface area contributed by atoms with Crippen LogP contribution in [0.3, 0.4) is 0 Å². The van der Waals surface area contributed by atoms with E-state index in [0.29, 0.717) is 0 Å². The summed E-state index contributed by atoms with van der Waals surface area (Å²) >= 11 is 0. The highest BCUT2D eigenvalue weighted by atomic mass is 17.2. The van der Waals surface area contributed by atoms with Crippen LogP contribution in [0.4, 0.5) is 0 Å². The number of hydrogen-bond acceptors (Lipinski definition) is 6. The Morgan fingerprint density at radius 2 is 1.92 bits per heavy atom. The first-order valence-electron chi connectivity index (χ1n) is 3.06. The molecule has 0 aliphatic carbocycles. The predicted molar refractivity (Wildman–Crippen MR) is 31.6 cm³/mol. The highest BCUT2D eigenvalue weighted by Crippen LogP contribution is 1.95. The zero-order valence-electron chi connectivity index (χ0n) is 6.57. The molecule has 12 heavy (non-hydrogen) atoms. The molecule has 0 heterocycles. The van der Waals surface area contributed by atoms with Gasteiger partial charge in [-0.05, 0) is 6.92 Å². The van der Waals surface area contributed by atoms with Crippen molar-refractivity contribution in [3.8, 4) is 0 Å². The average Bonchev–Trinajstić information content (AvgIpc) is 1.98. The zero-order chi connectivity index (χ0) is 9.72. The molecule has 6 nitrogen and oxygen atoms in total. The summed E-state index contributed by atoms with van der Waals surface area (Å²) in [4.78, 5) is 17.9. The first-order chi connectivity index (χ1) is 5.45. The highest BCUT2D eigenvalue weighted by molar-refractivity contribution is 5.73. The summed E-state index contributed by atoms with van der Waals surface area (Å²) in [5.74, 6) is -3.32. The van der Waals surface area contributed by atoms with E-state index >= 15 is 0 Å². The molecule has 0 rings (SSSR count). The van der Waals surface area contributed by atoms with Crippen LogP contribution in [0.2, 0.25) is 0 Å². The number of hydrogen-bond donors (Lipinski definition) is 1. The van der Waals surface area contributed by atoms with Gasteiger partial charge in [-0.3, -0.25) is 0 Å². The molecular weight excluding hydrogens is 168 g/mol. The maximum Gasteiger partial charge on any atom is 0.356 e. The van der Waals surface area contributed by atoms with Gasteiger partial charge < -0.3 is 25.1 Å². The van der Waals surface area contributed by atoms with Gasteiger partial charge in [-0.1, -0.05) is 6.92 Å². The molecule has 0 saturated heterocycles. The first-order valence-corrected chi connectivity index (χ1v) is 3.06. The summed E-state index contributed by atoms with van der Waals surface area (Å²) < 4.78 is 0. The van der Waals surface area contributed by atoms with Gasteiger partial charge >= 0.3 is 5.97 Å². The van der Waals surface area contributed by atoms with Crippen molar-refractivity contribution < 1.29 is 29.9 Å². The van der Waals surface area contributed by atoms with E-state index in [1.54, 1.807) is 0 Å². The molecule has 0 aromatic heterocycles. The van der Waals surface area contributed by atoms with Crippen LogP contribution in [0.1, 0.15) is 13.8 Å². The fourth-order valence-electron chi connectivity index (χ4n) is 0.207. The van der Waals surface area contributed by atoms with Gasteiger partial charge in [-0.15, -0.1) is 5.76 Å². The van der Waals surface area contributed by atoms with Crippen LogP contribution in [0.15, 0.2) is 11.7 Å². The van der Waals surface area contributed by atoms with Crippen molar-refractivity contribution in [3.63, 3.8) is 0 Å². The molecule has 1 N–H and O–H groups in total. The van der Waals surface area contributed by atoms with Gasteiger partial charge in [0.1, 0.15) is 0 Å². The summed E-state index contributed by atoms with van der Waals surface area (Å²) in [6, 6.07) is 0. The van der Waals surface area contributed by atoms with E-state index < -0.39 is 23.8 Å². The number of carbonyl (C=O) groups is 1. The van der Waals surface area contributed by atoms with Crippen LogP contribution < -0.4 is 10.2 Å². The normalized spacial score (nSPS) is 14.6. The Morgan fingerprint density at radius 3 is 2.25 bits per heavy atom. The van der Waals surface area contributed by atoms with Crippen molar-refractivity contribution in [2.75, 3.05) is 0 Å². The van der Waals surface area contributed by atoms with Crippen LogP contribution in [0, 0.1) is 0 Å². The Labute approximate surface area is 68.6 Å². The van der Waals surface area contributed by atoms with Gasteiger partial charge in [0.2, 0.25) is 0 Å². The Balaban J connectivity index is 3.85. The molecule has 6 heteroatoms. The SMILES string of the molecule is CC([O-])=C([O-])OOC(=O)C(C)O. The van der Waals surface area contributed by atoms with Crippen molar-refractivity contribution in [2.24, 2.45) is 0 Å². The predicted octanol–water partition coefficient (Wildman–Crippen LogP) is -2.25. The zero-order valence-corrected chi connectivity index (χ0v) is 6.57. The Hall–Kier alpha value is -1.43. The summed E-state index contributed by atoms with van der Waals surface area (Å²) in [5.41, 5.74) is 0. The number of rotatable bonds is 3. The standard InChI is InChI=1S/C6H10O6/c1-3(7)5(9)11-12-6(10)4(2)8/h3,7-8,10H,1-2H3/p-2. The second kappa shape index (κ2) is 4.45. The summed E-state index contributed by atoms with van der Waals surface area (Å²) in [7, 11) is 0. The van der Waals surface area contributed by atoms with Crippen molar-refractivity contribution >= 4 is 5.97 Å². The Kier molecular flexibility index (Phi) is 3.92. The topological polar surface area (TPSA) is 102 Å². The molecule has 0 spiro atoms. The molecule has 0 aliphatic rings. The minimum atomic E-state index is -1.40. The lowest BCUT2D eigenvalue weighted by molar-refractivity contribution is -0.445. The summed E-state index contributed by atoms with van der Waals surface area (Å²) in [5, 5.41) is 29.1. The van der Waals surface area contributed by atoms with E-state index in [4.69, 9.17) is 5.11 Å². The third-order valence-corrected chi connectivity index (χ3v) is 0.828. The molecule has 1 unspecified atom stereocenters. The Morgan fingerprint density at radius 1 is 1.42 bits per heavy atom. The molecule has 1 atom stereocenters. The number of carbonyl (C=O) groups excluding carboxylic acids is 1. The van der Waals surface area contributed by atoms with E-state index in [0.717, 1.165) is 13.8 Å². The minimum absolute atomic E-state index is 0.895. The minimum Gasteiger partial charge on any atom is -0.874 e. The van der Waals surface area contributed by atoms with Crippen molar-refractivity contribution in [1.82, 2.24) is 0 Å². The molecule has 0 radical (unpaired) electrons. The van der Waals surface area contributed by atoms with Crippen molar-refractivity contribution in [3.05, 3.63) is 11.7 Å². The van der Waals surface area contributed by atoms with Crippen LogP contribution >= 0.6 is 0 Å². The summed E-state index contributed by atoms with van der Waals surface area (Å²) in [6.07, 6.45) is -1.40. The van der Waals surface area contributed by atoms with Gasteiger partial charge in [-0.25, -0.2) is 4.79 Å². The second-order valence-corrected chi connectivity index (χ2v) is 2.01. The molecule has 0 aromatic rings. The van der Waals surface area contributed by atoms with Crippen LogP contribution in [-0.4, -0.2) is 17.2 Å². The first kappa shape index (κ1) is 10.6. The van der Waals surface area contributed by atoms with E-state index in [-0.39, 0.29) is 0 Å². The number of allylic oxidation sites excluding steroid dienone is 1. The highest BCUT2D eigenvalue weighted by Gasteiger charge is 2.08. The molecule has 0 saturated carbocycles. The Bertz CT molecular complexity index is 190. The average molecular weight is 176 g/mol. The fourth-order valence-corrected chi connectivity index (χ4v) is 0.207. The van der Waals surface area contributed by atoms with E-state index in [1.165, 1.54) is 0 Å². The van der Waals surface area contributed by atoms with Crippen LogP contribution in [0.5, 0.6) is 0 Å². The lowest BCUT2D eigenvalue weighted by Crippen LogP contribution is -2.23. The third-order valence-electron chi connectivity index (χ3n) is 0.828.